The van der Waals surface area contributed by atoms with E-state index in [1.165, 1.54) is 16.4 Å². The van der Waals surface area contributed by atoms with E-state index >= 15 is 0 Å². The summed E-state index contributed by atoms with van der Waals surface area (Å²) in [6.45, 7) is 8.09. The van der Waals surface area contributed by atoms with E-state index < -0.39 is 20.7 Å². The van der Waals surface area contributed by atoms with Crippen LogP contribution in [0.1, 0.15) is 40.5 Å². The zero-order chi connectivity index (χ0) is 16.2. The van der Waals surface area contributed by atoms with Gasteiger partial charge < -0.3 is 5.73 Å². The summed E-state index contributed by atoms with van der Waals surface area (Å²) in [5.41, 5.74) is 5.67. The Hall–Kier alpha value is -1.14. The van der Waals surface area contributed by atoms with Crippen LogP contribution in [0.25, 0.3) is 0 Å². The second-order valence-corrected chi connectivity index (χ2v) is 7.42. The summed E-state index contributed by atoms with van der Waals surface area (Å²) in [7, 11) is -3.95. The Labute approximate surface area is 127 Å². The number of rotatable bonds is 7. The van der Waals surface area contributed by atoms with Gasteiger partial charge in [-0.05, 0) is 30.9 Å². The van der Waals surface area contributed by atoms with Crippen molar-refractivity contribution in [2.24, 2.45) is 5.92 Å². The normalized spacial score (nSPS) is 12.6. The van der Waals surface area contributed by atoms with Crippen LogP contribution >= 0.6 is 0 Å². The van der Waals surface area contributed by atoms with Crippen molar-refractivity contribution >= 4 is 15.7 Å². The topological polar surface area (TPSA) is 63.4 Å². The molecule has 1 aromatic carbocycles. The fourth-order valence-corrected chi connectivity index (χ4v) is 4.51. The highest BCUT2D eigenvalue weighted by Gasteiger charge is 2.33. The van der Waals surface area contributed by atoms with Gasteiger partial charge in [0.2, 0.25) is 10.0 Å². The van der Waals surface area contributed by atoms with E-state index in [-0.39, 0.29) is 17.6 Å². The maximum Gasteiger partial charge on any atom is 0.248 e. The molecular weight excluding hydrogens is 291 g/mol. The van der Waals surface area contributed by atoms with E-state index in [2.05, 4.69) is 0 Å². The molecule has 0 unspecified atom stereocenters. The van der Waals surface area contributed by atoms with Crippen molar-refractivity contribution in [3.8, 4) is 0 Å². The number of anilines is 1. The van der Waals surface area contributed by atoms with Gasteiger partial charge in [0.15, 0.2) is 0 Å². The van der Waals surface area contributed by atoms with Crippen molar-refractivity contribution in [3.63, 3.8) is 0 Å². The van der Waals surface area contributed by atoms with E-state index in [0.717, 1.165) is 6.07 Å². The van der Waals surface area contributed by atoms with Gasteiger partial charge in [0.1, 0.15) is 10.7 Å². The third kappa shape index (κ3) is 3.95. The lowest BCUT2D eigenvalue weighted by Crippen LogP contribution is -2.42. The molecule has 0 aromatic heterocycles. The summed E-state index contributed by atoms with van der Waals surface area (Å²) >= 11 is 0. The minimum Gasteiger partial charge on any atom is -0.398 e. The number of nitrogens with two attached hydrogens (primary N) is 1. The van der Waals surface area contributed by atoms with Gasteiger partial charge in [0.05, 0.1) is 5.69 Å². The molecule has 4 nitrogen and oxygen atoms in total. The van der Waals surface area contributed by atoms with Crippen molar-refractivity contribution in [2.45, 2.75) is 51.5 Å². The van der Waals surface area contributed by atoms with Crippen LogP contribution in [0.5, 0.6) is 0 Å². The lowest BCUT2D eigenvalue weighted by Gasteiger charge is -2.31. The third-order valence-electron chi connectivity index (χ3n) is 3.46. The van der Waals surface area contributed by atoms with Gasteiger partial charge >= 0.3 is 0 Å². The van der Waals surface area contributed by atoms with Crippen molar-refractivity contribution < 1.29 is 12.8 Å². The number of halogens is 1. The highest BCUT2D eigenvalue weighted by Crippen LogP contribution is 2.28. The van der Waals surface area contributed by atoms with Crippen molar-refractivity contribution in [1.29, 1.82) is 0 Å². The van der Waals surface area contributed by atoms with Gasteiger partial charge in [-0.2, -0.15) is 4.31 Å². The van der Waals surface area contributed by atoms with E-state index in [9.17, 15) is 12.8 Å². The summed E-state index contributed by atoms with van der Waals surface area (Å²) in [6.07, 6.45) is 1.35. The number of nitrogen functional groups attached to an aromatic ring is 1. The predicted molar refractivity (Wildman–Crippen MR) is 83.9 cm³/mol. The molecule has 1 aromatic rings. The second kappa shape index (κ2) is 7.22. The summed E-state index contributed by atoms with van der Waals surface area (Å²) in [5, 5.41) is 0. The van der Waals surface area contributed by atoms with Crippen LogP contribution in [0, 0.1) is 11.7 Å². The molecule has 0 saturated heterocycles. The number of sulfonamides is 1. The molecule has 6 heteroatoms. The number of hydrogen-bond acceptors (Lipinski definition) is 3. The van der Waals surface area contributed by atoms with Crippen LogP contribution in [0.3, 0.4) is 0 Å². The average Bonchev–Trinajstić information content (AvgIpc) is 2.38. The molecule has 0 atom stereocenters. The predicted octanol–water partition coefficient (Wildman–Crippen LogP) is 3.24. The second-order valence-electron chi connectivity index (χ2n) is 5.60. The van der Waals surface area contributed by atoms with Gasteiger partial charge in [0.25, 0.3) is 0 Å². The zero-order valence-corrected chi connectivity index (χ0v) is 14.0. The van der Waals surface area contributed by atoms with E-state index in [0.29, 0.717) is 19.4 Å². The van der Waals surface area contributed by atoms with E-state index in [1.54, 1.807) is 0 Å². The molecule has 0 heterocycles. The molecule has 0 bridgehead atoms. The maximum absolute atomic E-state index is 14.0. The summed E-state index contributed by atoms with van der Waals surface area (Å²) in [6, 6.07) is 3.80. The molecule has 0 amide bonds. The molecule has 120 valence electrons. The molecule has 0 aliphatic carbocycles. The first-order valence-corrected chi connectivity index (χ1v) is 8.75. The van der Waals surface area contributed by atoms with Crippen LogP contribution in [0.4, 0.5) is 10.1 Å². The monoisotopic (exact) mass is 316 g/mol. The standard InChI is InChI=1S/C15H25FN2O2S/c1-5-12(6-2)18(10-11(3)4)21(19,20)15-13(16)8-7-9-14(15)17/h7-9,11-12H,5-6,10,17H2,1-4H3. The summed E-state index contributed by atoms with van der Waals surface area (Å²) in [4.78, 5) is -0.405. The molecule has 0 aliphatic rings. The molecule has 1 rings (SSSR count). The molecule has 0 fully saturated rings. The quantitative estimate of drug-likeness (QED) is 0.785. The van der Waals surface area contributed by atoms with Gasteiger partial charge in [-0.25, -0.2) is 12.8 Å². The highest BCUT2D eigenvalue weighted by atomic mass is 32.2. The largest absolute Gasteiger partial charge is 0.398 e. The van der Waals surface area contributed by atoms with Crippen LogP contribution in [0.15, 0.2) is 23.1 Å². The lowest BCUT2D eigenvalue weighted by molar-refractivity contribution is 0.276. The van der Waals surface area contributed by atoms with E-state index in [1.807, 2.05) is 27.7 Å². The number of hydrogen-bond donors (Lipinski definition) is 1. The Morgan fingerprint density at radius 3 is 2.24 bits per heavy atom. The Bertz CT molecular complexity index is 549. The fraction of sp³-hybridized carbons (Fsp3) is 0.600. The van der Waals surface area contributed by atoms with Crippen molar-refractivity contribution in [3.05, 3.63) is 24.0 Å². The Morgan fingerprint density at radius 1 is 1.24 bits per heavy atom. The molecule has 0 spiro atoms. The first kappa shape index (κ1) is 17.9. The molecule has 0 aliphatic heterocycles. The summed E-state index contributed by atoms with van der Waals surface area (Å²) < 4.78 is 41.2. The highest BCUT2D eigenvalue weighted by molar-refractivity contribution is 7.89. The average molecular weight is 316 g/mol. The van der Waals surface area contributed by atoms with Gasteiger partial charge in [-0.1, -0.05) is 33.8 Å². The smallest absolute Gasteiger partial charge is 0.248 e. The van der Waals surface area contributed by atoms with Crippen LogP contribution in [-0.2, 0) is 10.0 Å². The Kier molecular flexibility index (Phi) is 6.16. The van der Waals surface area contributed by atoms with E-state index in [4.69, 9.17) is 5.73 Å². The van der Waals surface area contributed by atoms with Crippen LogP contribution < -0.4 is 5.73 Å². The Morgan fingerprint density at radius 2 is 1.81 bits per heavy atom. The summed E-state index contributed by atoms with van der Waals surface area (Å²) in [5.74, 6) is -0.650. The molecule has 0 saturated carbocycles. The number of benzene rings is 1. The molecular formula is C15H25FN2O2S. The molecule has 2 N–H and O–H groups in total. The van der Waals surface area contributed by atoms with Crippen LogP contribution in [0.2, 0.25) is 0 Å². The van der Waals surface area contributed by atoms with Crippen LogP contribution in [-0.4, -0.2) is 25.3 Å². The van der Waals surface area contributed by atoms with Crippen molar-refractivity contribution in [1.82, 2.24) is 4.31 Å². The zero-order valence-electron chi connectivity index (χ0n) is 13.1. The minimum atomic E-state index is -3.95. The SMILES string of the molecule is CCC(CC)N(CC(C)C)S(=O)(=O)c1c(N)cccc1F. The minimum absolute atomic E-state index is 0.0466. The van der Waals surface area contributed by atoms with Gasteiger partial charge in [-0.3, -0.25) is 0 Å². The number of nitrogens with zero attached hydrogens (tertiary/aromatic N) is 1. The van der Waals surface area contributed by atoms with Gasteiger partial charge in [-0.15, -0.1) is 0 Å². The van der Waals surface area contributed by atoms with Crippen molar-refractivity contribution in [2.75, 3.05) is 12.3 Å². The lowest BCUT2D eigenvalue weighted by atomic mass is 10.1. The Balaban J connectivity index is 3.40. The fourth-order valence-electron chi connectivity index (χ4n) is 2.41. The molecule has 0 radical (unpaired) electrons. The first-order valence-electron chi connectivity index (χ1n) is 7.31. The third-order valence-corrected chi connectivity index (χ3v) is 5.47. The first-order chi connectivity index (χ1) is 9.75. The van der Waals surface area contributed by atoms with Gasteiger partial charge in [0, 0.05) is 12.6 Å². The maximum atomic E-state index is 14.0. The molecule has 21 heavy (non-hydrogen) atoms.